The van der Waals surface area contributed by atoms with Crippen LogP contribution in [0.15, 0.2) is 48.5 Å². The molecule has 2 rings (SSSR count). The number of hydrogen-bond donors (Lipinski definition) is 1. The Balaban J connectivity index is 1.90. The summed E-state index contributed by atoms with van der Waals surface area (Å²) in [5.74, 6) is 0.794. The molecular formula is C15H13ClO2S. The normalized spacial score (nSPS) is 10.4. The van der Waals surface area contributed by atoms with Gasteiger partial charge in [0.2, 0.25) is 0 Å². The fourth-order valence-electron chi connectivity index (χ4n) is 1.66. The molecule has 0 bridgehead atoms. The highest BCUT2D eigenvalue weighted by molar-refractivity contribution is 7.97. The first-order valence-electron chi connectivity index (χ1n) is 5.79. The minimum Gasteiger partial charge on any atom is -0.478 e. The van der Waals surface area contributed by atoms with Crippen LogP contribution in [0.5, 0.6) is 0 Å². The molecule has 0 amide bonds. The van der Waals surface area contributed by atoms with E-state index in [9.17, 15) is 4.79 Å². The van der Waals surface area contributed by atoms with Crippen LogP contribution in [-0.4, -0.2) is 11.1 Å². The van der Waals surface area contributed by atoms with Crippen molar-refractivity contribution >= 4 is 29.3 Å². The van der Waals surface area contributed by atoms with E-state index in [0.717, 1.165) is 22.1 Å². The van der Waals surface area contributed by atoms with Gasteiger partial charge >= 0.3 is 5.97 Å². The summed E-state index contributed by atoms with van der Waals surface area (Å²) in [6, 6.07) is 14.8. The Kier molecular flexibility index (Phi) is 4.88. The van der Waals surface area contributed by atoms with E-state index in [1.165, 1.54) is 5.56 Å². The molecule has 4 heteroatoms. The second-order valence-corrected chi connectivity index (χ2v) is 5.55. The maximum Gasteiger partial charge on any atom is 0.335 e. The van der Waals surface area contributed by atoms with Gasteiger partial charge in [-0.05, 0) is 35.4 Å². The molecule has 98 valence electrons. The van der Waals surface area contributed by atoms with Crippen LogP contribution in [0.2, 0.25) is 5.02 Å². The van der Waals surface area contributed by atoms with Crippen LogP contribution in [-0.2, 0) is 11.5 Å². The van der Waals surface area contributed by atoms with Gasteiger partial charge in [0, 0.05) is 16.5 Å². The zero-order valence-corrected chi connectivity index (χ0v) is 11.7. The Hall–Kier alpha value is -1.45. The van der Waals surface area contributed by atoms with E-state index >= 15 is 0 Å². The number of rotatable bonds is 5. The number of carboxylic acid groups (broad SMARTS) is 1. The summed E-state index contributed by atoms with van der Waals surface area (Å²) in [6.45, 7) is 0. The standard InChI is InChI=1S/C15H13ClO2S/c16-14-6-4-11(5-7-14)9-19-10-12-2-1-3-13(8-12)15(17)18/h1-8H,9-10H2,(H,17,18). The van der Waals surface area contributed by atoms with Gasteiger partial charge in [-0.15, -0.1) is 0 Å². The highest BCUT2D eigenvalue weighted by atomic mass is 35.5. The second kappa shape index (κ2) is 6.64. The van der Waals surface area contributed by atoms with Gasteiger partial charge in [-0.1, -0.05) is 35.9 Å². The number of benzene rings is 2. The van der Waals surface area contributed by atoms with Gasteiger partial charge in [-0.2, -0.15) is 11.8 Å². The second-order valence-electron chi connectivity index (χ2n) is 4.12. The smallest absolute Gasteiger partial charge is 0.335 e. The topological polar surface area (TPSA) is 37.3 Å². The summed E-state index contributed by atoms with van der Waals surface area (Å²) in [6.07, 6.45) is 0. The van der Waals surface area contributed by atoms with Gasteiger partial charge in [0.05, 0.1) is 5.56 Å². The Morgan fingerprint density at radius 3 is 2.42 bits per heavy atom. The van der Waals surface area contributed by atoms with E-state index in [1.807, 2.05) is 30.3 Å². The minimum absolute atomic E-state index is 0.338. The molecule has 19 heavy (non-hydrogen) atoms. The number of aromatic carboxylic acids is 1. The molecule has 2 aromatic carbocycles. The summed E-state index contributed by atoms with van der Waals surface area (Å²) in [4.78, 5) is 10.9. The molecule has 0 spiro atoms. The van der Waals surface area contributed by atoms with Gasteiger partial charge in [0.15, 0.2) is 0 Å². The van der Waals surface area contributed by atoms with Crippen molar-refractivity contribution in [3.05, 3.63) is 70.2 Å². The first-order valence-corrected chi connectivity index (χ1v) is 7.33. The fourth-order valence-corrected chi connectivity index (χ4v) is 2.73. The molecule has 0 aliphatic heterocycles. The summed E-state index contributed by atoms with van der Waals surface area (Å²) in [5.41, 5.74) is 2.58. The first kappa shape index (κ1) is 14.0. The van der Waals surface area contributed by atoms with Gasteiger partial charge in [-0.25, -0.2) is 4.79 Å². The van der Waals surface area contributed by atoms with Crippen molar-refractivity contribution in [3.8, 4) is 0 Å². The molecule has 0 aromatic heterocycles. The van der Waals surface area contributed by atoms with E-state index < -0.39 is 5.97 Å². The van der Waals surface area contributed by atoms with Crippen molar-refractivity contribution in [1.29, 1.82) is 0 Å². The van der Waals surface area contributed by atoms with Crippen molar-refractivity contribution in [3.63, 3.8) is 0 Å². The zero-order valence-electron chi connectivity index (χ0n) is 10.2. The van der Waals surface area contributed by atoms with E-state index in [4.69, 9.17) is 16.7 Å². The predicted octanol–water partition coefficient (Wildman–Crippen LogP) is 4.47. The number of hydrogen-bond acceptors (Lipinski definition) is 2. The van der Waals surface area contributed by atoms with Crippen LogP contribution in [0.1, 0.15) is 21.5 Å². The van der Waals surface area contributed by atoms with Crippen molar-refractivity contribution < 1.29 is 9.90 Å². The molecule has 2 nitrogen and oxygen atoms in total. The molecule has 0 unspecified atom stereocenters. The van der Waals surface area contributed by atoms with E-state index in [-0.39, 0.29) is 0 Å². The fraction of sp³-hybridized carbons (Fsp3) is 0.133. The molecule has 0 heterocycles. The minimum atomic E-state index is -0.885. The molecule has 0 saturated heterocycles. The van der Waals surface area contributed by atoms with Crippen LogP contribution < -0.4 is 0 Å². The molecule has 0 aliphatic rings. The Morgan fingerprint density at radius 2 is 1.74 bits per heavy atom. The maximum absolute atomic E-state index is 10.9. The molecule has 1 N–H and O–H groups in total. The lowest BCUT2D eigenvalue weighted by Gasteiger charge is -2.04. The number of halogens is 1. The van der Waals surface area contributed by atoms with Crippen molar-refractivity contribution in [2.75, 3.05) is 0 Å². The molecule has 0 fully saturated rings. The lowest BCUT2D eigenvalue weighted by atomic mass is 10.1. The van der Waals surface area contributed by atoms with Gasteiger partial charge in [0.1, 0.15) is 0 Å². The largest absolute Gasteiger partial charge is 0.478 e. The quantitative estimate of drug-likeness (QED) is 0.883. The van der Waals surface area contributed by atoms with E-state index in [1.54, 1.807) is 30.0 Å². The first-order chi connectivity index (χ1) is 9.15. The zero-order chi connectivity index (χ0) is 13.7. The third kappa shape index (κ3) is 4.30. The highest BCUT2D eigenvalue weighted by Gasteiger charge is 2.03. The van der Waals surface area contributed by atoms with Gasteiger partial charge < -0.3 is 5.11 Å². The third-order valence-electron chi connectivity index (χ3n) is 2.62. The predicted molar refractivity (Wildman–Crippen MR) is 79.9 cm³/mol. The molecule has 2 aromatic rings. The molecular weight excluding hydrogens is 280 g/mol. The van der Waals surface area contributed by atoms with Crippen LogP contribution >= 0.6 is 23.4 Å². The molecule has 0 atom stereocenters. The van der Waals surface area contributed by atoms with E-state index in [0.29, 0.717) is 5.56 Å². The van der Waals surface area contributed by atoms with Crippen LogP contribution in [0.25, 0.3) is 0 Å². The monoisotopic (exact) mass is 292 g/mol. The molecule has 0 aliphatic carbocycles. The summed E-state index contributed by atoms with van der Waals surface area (Å²) >= 11 is 7.58. The molecule has 0 saturated carbocycles. The SMILES string of the molecule is O=C(O)c1cccc(CSCc2ccc(Cl)cc2)c1. The van der Waals surface area contributed by atoms with Crippen molar-refractivity contribution in [2.24, 2.45) is 0 Å². The van der Waals surface area contributed by atoms with Crippen LogP contribution in [0, 0.1) is 0 Å². The van der Waals surface area contributed by atoms with Crippen LogP contribution in [0.4, 0.5) is 0 Å². The van der Waals surface area contributed by atoms with E-state index in [2.05, 4.69) is 0 Å². The Labute approximate surface area is 121 Å². The highest BCUT2D eigenvalue weighted by Crippen LogP contribution is 2.20. The van der Waals surface area contributed by atoms with Crippen LogP contribution in [0.3, 0.4) is 0 Å². The van der Waals surface area contributed by atoms with Gasteiger partial charge in [-0.3, -0.25) is 0 Å². The summed E-state index contributed by atoms with van der Waals surface area (Å²) < 4.78 is 0. The molecule has 0 radical (unpaired) electrons. The number of thioether (sulfide) groups is 1. The summed E-state index contributed by atoms with van der Waals surface area (Å²) in [5, 5.41) is 9.66. The van der Waals surface area contributed by atoms with Crippen molar-refractivity contribution in [1.82, 2.24) is 0 Å². The number of carbonyl (C=O) groups is 1. The Morgan fingerprint density at radius 1 is 1.05 bits per heavy atom. The summed E-state index contributed by atoms with van der Waals surface area (Å²) in [7, 11) is 0. The average Bonchev–Trinajstić information content (AvgIpc) is 2.41. The number of carboxylic acids is 1. The lowest BCUT2D eigenvalue weighted by molar-refractivity contribution is 0.0697. The lowest BCUT2D eigenvalue weighted by Crippen LogP contribution is -1.96. The third-order valence-corrected chi connectivity index (χ3v) is 3.95. The average molecular weight is 293 g/mol. The van der Waals surface area contributed by atoms with Gasteiger partial charge in [0.25, 0.3) is 0 Å². The van der Waals surface area contributed by atoms with Crippen molar-refractivity contribution in [2.45, 2.75) is 11.5 Å². The maximum atomic E-state index is 10.9. The Bertz CT molecular complexity index is 567.